The zero-order valence-electron chi connectivity index (χ0n) is 11.9. The second kappa shape index (κ2) is 6.05. The normalized spacial score (nSPS) is 23.8. The van der Waals surface area contributed by atoms with Crippen LogP contribution in [-0.4, -0.2) is 36.6 Å². The van der Waals surface area contributed by atoms with Gasteiger partial charge in [-0.2, -0.15) is 0 Å². The van der Waals surface area contributed by atoms with Crippen molar-refractivity contribution < 1.29 is 9.53 Å². The van der Waals surface area contributed by atoms with Crippen molar-refractivity contribution in [2.24, 2.45) is 5.41 Å². The van der Waals surface area contributed by atoms with E-state index in [4.69, 9.17) is 4.74 Å². The number of amides is 1. The van der Waals surface area contributed by atoms with Gasteiger partial charge < -0.3 is 9.64 Å². The molecule has 2 rings (SSSR count). The zero-order chi connectivity index (χ0) is 13.0. The van der Waals surface area contributed by atoms with Crippen LogP contribution in [0.25, 0.3) is 0 Å². The van der Waals surface area contributed by atoms with E-state index in [0.717, 1.165) is 25.9 Å². The minimum Gasteiger partial charge on any atom is -0.368 e. The van der Waals surface area contributed by atoms with Crippen LogP contribution in [0, 0.1) is 5.41 Å². The van der Waals surface area contributed by atoms with Gasteiger partial charge in [0, 0.05) is 18.5 Å². The van der Waals surface area contributed by atoms with Gasteiger partial charge in [-0.25, -0.2) is 0 Å². The Morgan fingerprint density at radius 3 is 2.33 bits per heavy atom. The Labute approximate surface area is 111 Å². The van der Waals surface area contributed by atoms with E-state index in [2.05, 4.69) is 13.8 Å². The first-order valence-corrected chi connectivity index (χ1v) is 7.58. The molecule has 3 heteroatoms. The molecule has 0 aromatic heterocycles. The van der Waals surface area contributed by atoms with Crippen molar-refractivity contribution in [2.75, 3.05) is 19.7 Å². The molecule has 1 saturated heterocycles. The molecule has 104 valence electrons. The van der Waals surface area contributed by atoms with Gasteiger partial charge in [0.2, 0.25) is 5.91 Å². The third kappa shape index (κ3) is 3.05. The summed E-state index contributed by atoms with van der Waals surface area (Å²) in [6, 6.07) is 0. The first-order chi connectivity index (χ1) is 8.69. The third-order valence-electron chi connectivity index (χ3n) is 4.90. The lowest BCUT2D eigenvalue weighted by Gasteiger charge is -2.49. The van der Waals surface area contributed by atoms with Gasteiger partial charge in [-0.3, -0.25) is 4.79 Å². The SMILES string of the molecule is CCC1(CC)CN(C(=O)COC2CCCCC2)C1. The number of hydrogen-bond donors (Lipinski definition) is 0. The number of carbonyl (C=O) groups is 1. The molecule has 2 fully saturated rings. The third-order valence-corrected chi connectivity index (χ3v) is 4.90. The molecule has 0 radical (unpaired) electrons. The molecule has 0 spiro atoms. The Morgan fingerprint density at radius 2 is 1.78 bits per heavy atom. The number of ether oxygens (including phenoxy) is 1. The largest absolute Gasteiger partial charge is 0.368 e. The lowest BCUT2D eigenvalue weighted by Crippen LogP contribution is -2.58. The molecule has 0 atom stereocenters. The Hall–Kier alpha value is -0.570. The fraction of sp³-hybridized carbons (Fsp3) is 0.933. The molecule has 0 unspecified atom stereocenters. The van der Waals surface area contributed by atoms with Crippen LogP contribution in [0.3, 0.4) is 0 Å². The lowest BCUT2D eigenvalue weighted by atomic mass is 9.75. The van der Waals surface area contributed by atoms with Gasteiger partial charge in [0.15, 0.2) is 0 Å². The molecule has 1 amide bonds. The van der Waals surface area contributed by atoms with Crippen molar-refractivity contribution in [3.63, 3.8) is 0 Å². The van der Waals surface area contributed by atoms with E-state index < -0.39 is 0 Å². The van der Waals surface area contributed by atoms with Gasteiger partial charge >= 0.3 is 0 Å². The number of nitrogens with zero attached hydrogens (tertiary/aromatic N) is 1. The predicted molar refractivity (Wildman–Crippen MR) is 72.4 cm³/mol. The van der Waals surface area contributed by atoms with E-state index in [1.165, 1.54) is 32.1 Å². The van der Waals surface area contributed by atoms with E-state index in [1.807, 2.05) is 4.90 Å². The Balaban J connectivity index is 1.67. The van der Waals surface area contributed by atoms with E-state index in [-0.39, 0.29) is 5.91 Å². The number of likely N-dealkylation sites (tertiary alicyclic amines) is 1. The fourth-order valence-corrected chi connectivity index (χ4v) is 3.15. The van der Waals surface area contributed by atoms with Gasteiger partial charge in [-0.05, 0) is 25.7 Å². The molecule has 1 saturated carbocycles. The highest BCUT2D eigenvalue weighted by Crippen LogP contribution is 2.37. The summed E-state index contributed by atoms with van der Waals surface area (Å²) in [6.07, 6.45) is 8.83. The lowest BCUT2D eigenvalue weighted by molar-refractivity contribution is -0.151. The summed E-state index contributed by atoms with van der Waals surface area (Å²) in [4.78, 5) is 14.0. The summed E-state index contributed by atoms with van der Waals surface area (Å²) in [5, 5.41) is 0. The van der Waals surface area contributed by atoms with Crippen LogP contribution < -0.4 is 0 Å². The highest BCUT2D eigenvalue weighted by Gasteiger charge is 2.42. The molecule has 0 aromatic rings. The van der Waals surface area contributed by atoms with Crippen LogP contribution in [-0.2, 0) is 9.53 Å². The van der Waals surface area contributed by atoms with Gasteiger partial charge in [-0.15, -0.1) is 0 Å². The van der Waals surface area contributed by atoms with Crippen LogP contribution in [0.15, 0.2) is 0 Å². The second-order valence-corrected chi connectivity index (χ2v) is 6.03. The first kappa shape index (κ1) is 13.9. The van der Waals surface area contributed by atoms with E-state index in [1.54, 1.807) is 0 Å². The van der Waals surface area contributed by atoms with Crippen LogP contribution >= 0.6 is 0 Å². The fourth-order valence-electron chi connectivity index (χ4n) is 3.15. The van der Waals surface area contributed by atoms with Crippen molar-refractivity contribution >= 4 is 5.91 Å². The van der Waals surface area contributed by atoms with Gasteiger partial charge in [0.1, 0.15) is 6.61 Å². The van der Waals surface area contributed by atoms with Crippen LogP contribution in [0.5, 0.6) is 0 Å². The summed E-state index contributed by atoms with van der Waals surface area (Å²) >= 11 is 0. The van der Waals surface area contributed by atoms with Crippen molar-refractivity contribution in [3.05, 3.63) is 0 Å². The van der Waals surface area contributed by atoms with Gasteiger partial charge in [-0.1, -0.05) is 33.1 Å². The van der Waals surface area contributed by atoms with E-state index in [9.17, 15) is 4.79 Å². The highest BCUT2D eigenvalue weighted by atomic mass is 16.5. The smallest absolute Gasteiger partial charge is 0.248 e. The topological polar surface area (TPSA) is 29.5 Å². The Kier molecular flexibility index (Phi) is 4.66. The van der Waals surface area contributed by atoms with Crippen LogP contribution in [0.2, 0.25) is 0 Å². The quantitative estimate of drug-likeness (QED) is 0.754. The standard InChI is InChI=1S/C15H27NO2/c1-3-15(4-2)11-16(12-15)14(17)10-18-13-8-6-5-7-9-13/h13H,3-12H2,1-2H3. The maximum Gasteiger partial charge on any atom is 0.248 e. The van der Waals surface area contributed by atoms with E-state index in [0.29, 0.717) is 18.1 Å². The van der Waals surface area contributed by atoms with Gasteiger partial charge in [0.05, 0.1) is 6.10 Å². The summed E-state index contributed by atoms with van der Waals surface area (Å²) in [6.45, 7) is 6.63. The zero-order valence-corrected chi connectivity index (χ0v) is 11.9. The molecule has 0 bridgehead atoms. The second-order valence-electron chi connectivity index (χ2n) is 6.03. The molecular formula is C15H27NO2. The van der Waals surface area contributed by atoms with Crippen molar-refractivity contribution in [2.45, 2.75) is 64.9 Å². The molecule has 2 aliphatic rings. The van der Waals surface area contributed by atoms with E-state index >= 15 is 0 Å². The molecule has 1 aliphatic heterocycles. The molecule has 1 heterocycles. The summed E-state index contributed by atoms with van der Waals surface area (Å²) in [7, 11) is 0. The maximum absolute atomic E-state index is 12.0. The Morgan fingerprint density at radius 1 is 1.17 bits per heavy atom. The van der Waals surface area contributed by atoms with Crippen molar-refractivity contribution in [3.8, 4) is 0 Å². The molecule has 0 aromatic carbocycles. The highest BCUT2D eigenvalue weighted by molar-refractivity contribution is 5.78. The number of hydrogen-bond acceptors (Lipinski definition) is 2. The maximum atomic E-state index is 12.0. The van der Waals surface area contributed by atoms with Gasteiger partial charge in [0.25, 0.3) is 0 Å². The summed E-state index contributed by atoms with van der Waals surface area (Å²) < 4.78 is 5.75. The summed E-state index contributed by atoms with van der Waals surface area (Å²) in [5.41, 5.74) is 0.403. The monoisotopic (exact) mass is 253 g/mol. The molecule has 3 nitrogen and oxygen atoms in total. The molecular weight excluding hydrogens is 226 g/mol. The molecule has 0 N–H and O–H groups in total. The molecule has 18 heavy (non-hydrogen) atoms. The Bertz CT molecular complexity index is 272. The molecule has 1 aliphatic carbocycles. The average molecular weight is 253 g/mol. The van der Waals surface area contributed by atoms with Crippen molar-refractivity contribution in [1.29, 1.82) is 0 Å². The first-order valence-electron chi connectivity index (χ1n) is 7.58. The number of carbonyl (C=O) groups excluding carboxylic acids is 1. The number of rotatable bonds is 5. The van der Waals surface area contributed by atoms with Crippen molar-refractivity contribution in [1.82, 2.24) is 4.90 Å². The average Bonchev–Trinajstić information content (AvgIpc) is 2.37. The minimum absolute atomic E-state index is 0.193. The van der Waals surface area contributed by atoms with Crippen LogP contribution in [0.1, 0.15) is 58.8 Å². The van der Waals surface area contributed by atoms with Crippen LogP contribution in [0.4, 0.5) is 0 Å². The predicted octanol–water partition coefficient (Wildman–Crippen LogP) is 2.98. The minimum atomic E-state index is 0.193. The summed E-state index contributed by atoms with van der Waals surface area (Å²) in [5.74, 6) is 0.193.